The number of thiophene rings is 1. The fraction of sp³-hybridized carbons (Fsp3) is 0.538. The van der Waals surface area contributed by atoms with Crippen LogP contribution in [-0.4, -0.2) is 23.5 Å². The normalized spacial score (nSPS) is 22.4. The van der Waals surface area contributed by atoms with Crippen LogP contribution in [0.4, 0.5) is 0 Å². The number of carboxylic acids is 1. The zero-order valence-corrected chi connectivity index (χ0v) is 13.4. The van der Waals surface area contributed by atoms with Gasteiger partial charge in [-0.25, -0.2) is 0 Å². The van der Waals surface area contributed by atoms with Crippen LogP contribution >= 0.6 is 33.9 Å². The maximum Gasteiger partial charge on any atom is 0.306 e. The maximum atomic E-state index is 11.9. The Hall–Kier alpha value is -0.630. The number of rotatable bonds is 5. The summed E-state index contributed by atoms with van der Waals surface area (Å²) in [7, 11) is 0. The molecular formula is C13H16INO3S. The van der Waals surface area contributed by atoms with Crippen molar-refractivity contribution in [1.82, 2.24) is 5.32 Å². The van der Waals surface area contributed by atoms with Gasteiger partial charge >= 0.3 is 5.97 Å². The molecule has 0 spiro atoms. The molecule has 1 amide bonds. The van der Waals surface area contributed by atoms with Crippen LogP contribution in [0.25, 0.3) is 0 Å². The van der Waals surface area contributed by atoms with E-state index in [1.165, 1.54) is 7.76 Å². The number of nitrogens with one attached hydrogen (secondary N) is 1. The van der Waals surface area contributed by atoms with Gasteiger partial charge in [-0.3, -0.25) is 9.59 Å². The van der Waals surface area contributed by atoms with Crippen LogP contribution in [0.3, 0.4) is 0 Å². The zero-order valence-electron chi connectivity index (χ0n) is 10.4. The van der Waals surface area contributed by atoms with Crippen molar-refractivity contribution in [2.75, 3.05) is 6.54 Å². The van der Waals surface area contributed by atoms with E-state index in [2.05, 4.69) is 40.0 Å². The third kappa shape index (κ3) is 4.17. The van der Waals surface area contributed by atoms with E-state index < -0.39 is 5.97 Å². The number of halogens is 1. The molecule has 1 aliphatic carbocycles. The van der Waals surface area contributed by atoms with Crippen LogP contribution in [0.5, 0.6) is 0 Å². The van der Waals surface area contributed by atoms with Gasteiger partial charge in [-0.05, 0) is 60.4 Å². The molecule has 19 heavy (non-hydrogen) atoms. The van der Waals surface area contributed by atoms with Crippen LogP contribution < -0.4 is 5.32 Å². The van der Waals surface area contributed by atoms with Gasteiger partial charge in [-0.2, -0.15) is 0 Å². The van der Waals surface area contributed by atoms with Crippen LogP contribution in [0.15, 0.2) is 12.1 Å². The Morgan fingerprint density at radius 1 is 1.37 bits per heavy atom. The van der Waals surface area contributed by atoms with Crippen LogP contribution in [0.2, 0.25) is 0 Å². The Bertz CT molecular complexity index is 474. The molecule has 1 aromatic heterocycles. The SMILES string of the molecule is O=C(O)[C@@H]1CC[C@H](C(=O)NCCc2ccc(I)s2)C1. The highest BCUT2D eigenvalue weighted by molar-refractivity contribution is 14.1. The molecule has 4 nitrogen and oxygen atoms in total. The average molecular weight is 393 g/mol. The molecule has 0 radical (unpaired) electrons. The minimum Gasteiger partial charge on any atom is -0.481 e. The largest absolute Gasteiger partial charge is 0.481 e. The molecule has 1 fully saturated rings. The van der Waals surface area contributed by atoms with Crippen molar-refractivity contribution in [3.05, 3.63) is 19.9 Å². The van der Waals surface area contributed by atoms with Crippen molar-refractivity contribution in [3.63, 3.8) is 0 Å². The first-order chi connectivity index (χ1) is 9.06. The van der Waals surface area contributed by atoms with Gasteiger partial charge in [0.2, 0.25) is 5.91 Å². The van der Waals surface area contributed by atoms with E-state index in [1.54, 1.807) is 11.3 Å². The lowest BCUT2D eigenvalue weighted by molar-refractivity contribution is -0.141. The monoisotopic (exact) mass is 393 g/mol. The summed E-state index contributed by atoms with van der Waals surface area (Å²) >= 11 is 4.01. The number of carbonyl (C=O) groups excluding carboxylic acids is 1. The van der Waals surface area contributed by atoms with Gasteiger partial charge in [0.25, 0.3) is 0 Å². The Morgan fingerprint density at radius 3 is 2.68 bits per heavy atom. The standard InChI is InChI=1S/C13H16INO3S/c14-11-4-3-10(19-11)5-6-15-12(16)8-1-2-9(7-8)13(17)18/h3-4,8-9H,1-2,5-7H2,(H,15,16)(H,17,18)/t8-,9+/m0/s1. The fourth-order valence-corrected chi connectivity index (χ4v) is 4.14. The Balaban J connectivity index is 1.72. The van der Waals surface area contributed by atoms with Crippen molar-refractivity contribution in [1.29, 1.82) is 0 Å². The molecule has 0 aromatic carbocycles. The first-order valence-electron chi connectivity index (χ1n) is 6.31. The van der Waals surface area contributed by atoms with E-state index in [4.69, 9.17) is 5.11 Å². The molecular weight excluding hydrogens is 377 g/mol. The summed E-state index contributed by atoms with van der Waals surface area (Å²) in [5.74, 6) is -1.22. The number of amides is 1. The second-order valence-corrected chi connectivity index (χ2v) is 7.85. The van der Waals surface area contributed by atoms with Gasteiger partial charge in [-0.15, -0.1) is 11.3 Å². The van der Waals surface area contributed by atoms with Crippen molar-refractivity contribution >= 4 is 45.8 Å². The van der Waals surface area contributed by atoms with E-state index in [9.17, 15) is 9.59 Å². The summed E-state index contributed by atoms with van der Waals surface area (Å²) in [5, 5.41) is 11.8. The lowest BCUT2D eigenvalue weighted by Gasteiger charge is -2.10. The maximum absolute atomic E-state index is 11.9. The molecule has 104 valence electrons. The highest BCUT2D eigenvalue weighted by Crippen LogP contribution is 2.31. The van der Waals surface area contributed by atoms with Crippen LogP contribution in [0, 0.1) is 14.7 Å². The Morgan fingerprint density at radius 2 is 2.11 bits per heavy atom. The summed E-state index contributed by atoms with van der Waals surface area (Å²) in [6.07, 6.45) is 2.64. The van der Waals surface area contributed by atoms with E-state index in [0.717, 1.165) is 6.42 Å². The summed E-state index contributed by atoms with van der Waals surface area (Å²) < 4.78 is 1.25. The number of hydrogen-bond acceptors (Lipinski definition) is 3. The Labute approximate surface area is 129 Å². The predicted molar refractivity (Wildman–Crippen MR) is 82.2 cm³/mol. The zero-order chi connectivity index (χ0) is 13.8. The molecule has 1 aromatic rings. The summed E-state index contributed by atoms with van der Waals surface area (Å²) in [4.78, 5) is 24.0. The topological polar surface area (TPSA) is 66.4 Å². The van der Waals surface area contributed by atoms with Gasteiger partial charge in [0.15, 0.2) is 0 Å². The lowest BCUT2D eigenvalue weighted by Crippen LogP contribution is -2.31. The van der Waals surface area contributed by atoms with E-state index in [-0.39, 0.29) is 17.7 Å². The highest BCUT2D eigenvalue weighted by atomic mass is 127. The number of hydrogen-bond donors (Lipinski definition) is 2. The quantitative estimate of drug-likeness (QED) is 0.756. The number of aliphatic carboxylic acids is 1. The first-order valence-corrected chi connectivity index (χ1v) is 8.20. The predicted octanol–water partition coefficient (Wildman–Crippen LogP) is 2.51. The smallest absolute Gasteiger partial charge is 0.306 e. The molecule has 1 heterocycles. The minimum absolute atomic E-state index is 0.00926. The molecule has 1 aliphatic rings. The molecule has 2 N–H and O–H groups in total. The molecule has 0 bridgehead atoms. The van der Waals surface area contributed by atoms with Crippen molar-refractivity contribution < 1.29 is 14.7 Å². The third-order valence-electron chi connectivity index (χ3n) is 3.45. The minimum atomic E-state index is -0.775. The van der Waals surface area contributed by atoms with Gasteiger partial charge in [0.1, 0.15) is 0 Å². The van der Waals surface area contributed by atoms with Gasteiger partial charge < -0.3 is 10.4 Å². The average Bonchev–Trinajstić information content (AvgIpc) is 2.98. The van der Waals surface area contributed by atoms with Gasteiger partial charge in [0, 0.05) is 17.3 Å². The van der Waals surface area contributed by atoms with Crippen LogP contribution in [-0.2, 0) is 16.0 Å². The third-order valence-corrected chi connectivity index (χ3v) is 5.41. The van der Waals surface area contributed by atoms with Gasteiger partial charge in [0.05, 0.1) is 8.80 Å². The first kappa shape index (κ1) is 14.8. The van der Waals surface area contributed by atoms with E-state index >= 15 is 0 Å². The molecule has 0 unspecified atom stereocenters. The molecule has 2 rings (SSSR count). The molecule has 6 heteroatoms. The molecule has 1 saturated carbocycles. The molecule has 2 atom stereocenters. The van der Waals surface area contributed by atoms with Gasteiger partial charge in [-0.1, -0.05) is 0 Å². The highest BCUT2D eigenvalue weighted by Gasteiger charge is 2.33. The molecule has 0 aliphatic heterocycles. The lowest BCUT2D eigenvalue weighted by atomic mass is 10.0. The number of carbonyl (C=O) groups is 2. The van der Waals surface area contributed by atoms with E-state index in [0.29, 0.717) is 25.8 Å². The summed E-state index contributed by atoms with van der Waals surface area (Å²) in [5.41, 5.74) is 0. The van der Waals surface area contributed by atoms with Crippen LogP contribution in [0.1, 0.15) is 24.1 Å². The van der Waals surface area contributed by atoms with Crippen molar-refractivity contribution in [3.8, 4) is 0 Å². The summed E-state index contributed by atoms with van der Waals surface area (Å²) in [6.45, 7) is 0.629. The van der Waals surface area contributed by atoms with Crippen molar-refractivity contribution in [2.45, 2.75) is 25.7 Å². The second kappa shape index (κ2) is 6.69. The Kier molecular flexibility index (Phi) is 5.20. The number of carboxylic acid groups (broad SMARTS) is 1. The van der Waals surface area contributed by atoms with E-state index in [1.807, 2.05) is 0 Å². The fourth-order valence-electron chi connectivity index (χ4n) is 2.38. The second-order valence-electron chi connectivity index (χ2n) is 4.79. The van der Waals surface area contributed by atoms with Crippen molar-refractivity contribution in [2.24, 2.45) is 11.8 Å². The molecule has 0 saturated heterocycles. The summed E-state index contributed by atoms with van der Waals surface area (Å²) in [6, 6.07) is 4.14.